The molecule has 47 heavy (non-hydrogen) atoms. The van der Waals surface area contributed by atoms with Crippen LogP contribution in [-0.4, -0.2) is 80.2 Å². The molecule has 1 amide bonds. The quantitative estimate of drug-likeness (QED) is 0.318. The number of para-hydroxylation sites is 1. The lowest BCUT2D eigenvalue weighted by atomic mass is 9.83. The maximum atomic E-state index is 14.2. The fourth-order valence-corrected chi connectivity index (χ4v) is 8.24. The molecule has 0 aliphatic carbocycles. The average molecular weight is 708 g/mol. The smallest absolute Gasteiger partial charge is 0.410 e. The van der Waals surface area contributed by atoms with E-state index >= 15 is 0 Å². The van der Waals surface area contributed by atoms with Crippen LogP contribution in [0.15, 0.2) is 41.3 Å². The van der Waals surface area contributed by atoms with E-state index in [0.29, 0.717) is 24.4 Å². The van der Waals surface area contributed by atoms with E-state index in [1.54, 1.807) is 26.8 Å². The number of carbonyl (C=O) groups is 2. The molecule has 1 unspecified atom stereocenters. The Balaban J connectivity index is 1.40. The molecule has 0 spiro atoms. The normalized spacial score (nSPS) is 18.6. The second kappa shape index (κ2) is 13.9. The van der Waals surface area contributed by atoms with Gasteiger partial charge in [-0.2, -0.15) is 4.72 Å². The monoisotopic (exact) mass is 706 g/mol. The fraction of sp³-hybridized carbons (Fsp3) is 0.485. The van der Waals surface area contributed by atoms with Crippen molar-refractivity contribution in [2.24, 2.45) is 0 Å². The number of rotatable bonds is 8. The van der Waals surface area contributed by atoms with Crippen molar-refractivity contribution in [3.63, 3.8) is 0 Å². The van der Waals surface area contributed by atoms with Crippen LogP contribution < -0.4 is 14.8 Å². The van der Waals surface area contributed by atoms with Gasteiger partial charge in [-0.1, -0.05) is 35.3 Å². The Morgan fingerprint density at radius 3 is 2.57 bits per heavy atom. The number of fused-ring (bicyclic) bond motifs is 1. The lowest BCUT2D eigenvalue weighted by Gasteiger charge is -2.41. The molecule has 2 aliphatic heterocycles. The molecule has 14 heteroatoms. The number of aryl methyl sites for hydroxylation is 2. The minimum absolute atomic E-state index is 0.0311. The van der Waals surface area contributed by atoms with Gasteiger partial charge in [0.25, 0.3) is 0 Å². The zero-order valence-electron chi connectivity index (χ0n) is 27.1. The zero-order chi connectivity index (χ0) is 34.1. The topological polar surface area (TPSA) is 136 Å². The summed E-state index contributed by atoms with van der Waals surface area (Å²) in [7, 11) is -4.37. The summed E-state index contributed by atoms with van der Waals surface area (Å²) in [5.74, 6) is 0.111. The van der Waals surface area contributed by atoms with E-state index in [-0.39, 0.29) is 65.5 Å². The molecule has 254 valence electrons. The summed E-state index contributed by atoms with van der Waals surface area (Å²) in [6.07, 6.45) is -0.335. The van der Waals surface area contributed by atoms with E-state index in [4.69, 9.17) is 37.4 Å². The predicted molar refractivity (Wildman–Crippen MR) is 180 cm³/mol. The third-order valence-electron chi connectivity index (χ3n) is 8.24. The molecule has 1 aromatic heterocycles. The van der Waals surface area contributed by atoms with Crippen molar-refractivity contribution >= 4 is 56.0 Å². The van der Waals surface area contributed by atoms with Crippen LogP contribution in [-0.2, 0) is 30.9 Å². The molecule has 0 bridgehead atoms. The van der Waals surface area contributed by atoms with Crippen LogP contribution >= 0.6 is 23.2 Å². The van der Waals surface area contributed by atoms with Gasteiger partial charge >= 0.3 is 6.09 Å². The number of amides is 1. The summed E-state index contributed by atoms with van der Waals surface area (Å²) in [5, 5.41) is 4.19. The van der Waals surface area contributed by atoms with E-state index in [1.165, 1.54) is 17.0 Å². The first-order valence-electron chi connectivity index (χ1n) is 15.4. The van der Waals surface area contributed by atoms with Crippen molar-refractivity contribution in [1.82, 2.24) is 19.9 Å². The summed E-state index contributed by atoms with van der Waals surface area (Å²) in [5.41, 5.74) is 0.612. The zero-order valence-corrected chi connectivity index (χ0v) is 29.4. The Bertz CT molecular complexity index is 1790. The number of sulfonamides is 1. The Hall–Kier alpha value is -3.00. The molecule has 1 atom stereocenters. The van der Waals surface area contributed by atoms with E-state index in [9.17, 15) is 18.0 Å². The highest BCUT2D eigenvalue weighted by molar-refractivity contribution is 7.89. The van der Waals surface area contributed by atoms with Crippen molar-refractivity contribution in [3.8, 4) is 5.75 Å². The number of nitrogens with zero attached hydrogens (tertiary/aromatic N) is 2. The van der Waals surface area contributed by atoms with Crippen molar-refractivity contribution < 1.29 is 32.2 Å². The number of nitrogens with one attached hydrogen (secondary N) is 2. The Labute approximate surface area is 285 Å². The maximum absolute atomic E-state index is 14.2. The molecule has 2 N–H and O–H groups in total. The fourth-order valence-electron chi connectivity index (χ4n) is 5.92. The molecule has 0 radical (unpaired) electrons. The predicted octanol–water partition coefficient (Wildman–Crippen LogP) is 5.34. The molecular weight excluding hydrogens is 667 g/mol. The van der Waals surface area contributed by atoms with Crippen molar-refractivity contribution in [2.45, 2.75) is 76.1 Å². The Morgan fingerprint density at radius 2 is 1.87 bits per heavy atom. The molecule has 5 rings (SSSR count). The van der Waals surface area contributed by atoms with Crippen LogP contribution in [0.5, 0.6) is 5.75 Å². The summed E-state index contributed by atoms with van der Waals surface area (Å²) < 4.78 is 47.9. The van der Waals surface area contributed by atoms with Gasteiger partial charge in [-0.3, -0.25) is 4.79 Å². The molecule has 11 nitrogen and oxygen atoms in total. The second-order valence-electron chi connectivity index (χ2n) is 13.0. The van der Waals surface area contributed by atoms with E-state index < -0.39 is 33.3 Å². The van der Waals surface area contributed by atoms with Crippen LogP contribution in [0, 0.1) is 13.8 Å². The largest absolute Gasteiger partial charge is 0.487 e. The number of pyridine rings is 1. The first-order valence-corrected chi connectivity index (χ1v) is 17.7. The minimum atomic E-state index is -4.37. The first kappa shape index (κ1) is 35.3. The van der Waals surface area contributed by atoms with Gasteiger partial charge in [0.05, 0.1) is 16.6 Å². The van der Waals surface area contributed by atoms with Gasteiger partial charge < -0.3 is 24.4 Å². The van der Waals surface area contributed by atoms with Crippen LogP contribution in [0.2, 0.25) is 10.0 Å². The van der Waals surface area contributed by atoms with E-state index in [2.05, 4.69) is 15.0 Å². The van der Waals surface area contributed by atoms with Gasteiger partial charge in [0.1, 0.15) is 28.4 Å². The summed E-state index contributed by atoms with van der Waals surface area (Å²) >= 11 is 13.3. The van der Waals surface area contributed by atoms with E-state index in [0.717, 1.165) is 16.6 Å². The summed E-state index contributed by atoms with van der Waals surface area (Å²) in [4.78, 5) is 32.8. The van der Waals surface area contributed by atoms with Crippen LogP contribution in [0.25, 0.3) is 10.9 Å². The standard InChI is InChI=1S/C33H40Cl2N4O7S/c1-20-17-21(2)37-29-22(20)7-6-8-26(29)45-19-23-24(34)9-10-27(28(23)35)47(42,43)38-33(11-15-44-16-12-33)30(40)25-18-39(14-13-36-25)31(41)46-32(3,4)5/h6-10,17,25,36,38H,11-16,18-19H2,1-5H3. The molecule has 2 aliphatic rings. The number of aromatic nitrogens is 1. The Morgan fingerprint density at radius 1 is 1.15 bits per heavy atom. The Kier molecular flexibility index (Phi) is 10.4. The summed E-state index contributed by atoms with van der Waals surface area (Å²) in [6, 6.07) is 9.49. The molecular formula is C33H40Cl2N4O7S. The highest BCUT2D eigenvalue weighted by Crippen LogP contribution is 2.35. The maximum Gasteiger partial charge on any atom is 0.410 e. The molecule has 2 fully saturated rings. The molecule has 2 saturated heterocycles. The molecule has 3 heterocycles. The number of ether oxygens (including phenoxy) is 3. The van der Waals surface area contributed by atoms with Crippen molar-refractivity contribution in [1.29, 1.82) is 0 Å². The first-order chi connectivity index (χ1) is 22.1. The third kappa shape index (κ3) is 7.84. The van der Waals surface area contributed by atoms with E-state index in [1.807, 2.05) is 32.0 Å². The molecule has 3 aromatic rings. The van der Waals surface area contributed by atoms with Gasteiger partial charge in [0.2, 0.25) is 10.0 Å². The number of piperazine rings is 1. The highest BCUT2D eigenvalue weighted by Gasteiger charge is 2.48. The number of benzene rings is 2. The molecule has 2 aromatic carbocycles. The number of ketones is 1. The van der Waals surface area contributed by atoms with Gasteiger partial charge in [0, 0.05) is 54.5 Å². The van der Waals surface area contributed by atoms with Gasteiger partial charge in [-0.15, -0.1) is 0 Å². The lowest BCUT2D eigenvalue weighted by Crippen LogP contribution is -2.66. The SMILES string of the molecule is Cc1cc(C)c2cccc(OCc3c(Cl)ccc(S(=O)(=O)NC4(C(=O)C5CN(C(=O)OC(C)(C)C)CCN5)CCOCC4)c3Cl)c2n1. The summed E-state index contributed by atoms with van der Waals surface area (Å²) in [6.45, 7) is 10.1. The number of carbonyl (C=O) groups excluding carboxylic acids is 2. The van der Waals surface area contributed by atoms with Crippen LogP contribution in [0.1, 0.15) is 50.4 Å². The van der Waals surface area contributed by atoms with Crippen molar-refractivity contribution in [2.75, 3.05) is 32.8 Å². The van der Waals surface area contributed by atoms with Gasteiger partial charge in [-0.25, -0.2) is 18.2 Å². The molecule has 0 saturated carbocycles. The minimum Gasteiger partial charge on any atom is -0.487 e. The third-order valence-corrected chi connectivity index (χ3v) is 10.7. The number of hydrogen-bond acceptors (Lipinski definition) is 9. The second-order valence-corrected chi connectivity index (χ2v) is 15.4. The van der Waals surface area contributed by atoms with Crippen LogP contribution in [0.4, 0.5) is 4.79 Å². The average Bonchev–Trinajstić information content (AvgIpc) is 3.00. The van der Waals surface area contributed by atoms with Crippen LogP contribution in [0.3, 0.4) is 0 Å². The highest BCUT2D eigenvalue weighted by atomic mass is 35.5. The lowest BCUT2D eigenvalue weighted by molar-refractivity contribution is -0.131. The number of hydrogen-bond donors (Lipinski definition) is 2. The van der Waals surface area contributed by atoms with Crippen molar-refractivity contribution in [3.05, 3.63) is 63.3 Å². The number of Topliss-reactive ketones (excluding diaryl/α,β-unsaturated/α-hetero) is 1. The van der Waals surface area contributed by atoms with Gasteiger partial charge in [-0.05, 0) is 77.3 Å². The van der Waals surface area contributed by atoms with Gasteiger partial charge in [0.15, 0.2) is 5.78 Å². The number of halogens is 2.